The van der Waals surface area contributed by atoms with Crippen LogP contribution in [0.1, 0.15) is 45.4 Å². The fraction of sp³-hybridized carbons (Fsp3) is 0.667. The van der Waals surface area contributed by atoms with Crippen LogP contribution >= 0.6 is 0 Å². The van der Waals surface area contributed by atoms with E-state index in [9.17, 15) is 0 Å². The summed E-state index contributed by atoms with van der Waals surface area (Å²) >= 11 is 0. The summed E-state index contributed by atoms with van der Waals surface area (Å²) in [6.45, 7) is 6.52. The second-order valence-corrected chi connectivity index (χ2v) is 3.15. The highest BCUT2D eigenvalue weighted by Crippen LogP contribution is 2.01. The van der Waals surface area contributed by atoms with Crippen LogP contribution in [0.25, 0.3) is 0 Å². The molecule has 0 aromatic carbocycles. The van der Waals surface area contributed by atoms with Gasteiger partial charge in [0.1, 0.15) is 0 Å². The van der Waals surface area contributed by atoms with Gasteiger partial charge in [-0.2, -0.15) is 0 Å². The number of rotatable bonds is 9. The van der Waals surface area contributed by atoms with Gasteiger partial charge in [0.05, 0.1) is 12.9 Å². The van der Waals surface area contributed by atoms with E-state index in [2.05, 4.69) is 25.7 Å². The quantitative estimate of drug-likeness (QED) is 0.297. The minimum absolute atomic E-state index is 0.794. The Hall–Kier alpha value is -0.720. The first-order valence-corrected chi connectivity index (χ1v) is 5.29. The molecule has 0 fully saturated rings. The van der Waals surface area contributed by atoms with Crippen LogP contribution in [0.2, 0.25) is 0 Å². The highest BCUT2D eigenvalue weighted by Gasteiger charge is 1.83. The molecule has 0 aromatic rings. The van der Waals surface area contributed by atoms with Gasteiger partial charge in [0.2, 0.25) is 0 Å². The number of hydrogen-bond donors (Lipinski definition) is 0. The van der Waals surface area contributed by atoms with Crippen molar-refractivity contribution in [3.8, 4) is 0 Å². The average Bonchev–Trinajstić information content (AvgIpc) is 2.16. The van der Waals surface area contributed by atoms with E-state index in [4.69, 9.17) is 4.74 Å². The molecule has 0 N–H and O–H groups in total. The fourth-order valence-corrected chi connectivity index (χ4v) is 1.12. The van der Waals surface area contributed by atoms with Gasteiger partial charge in [-0.05, 0) is 25.7 Å². The molecule has 0 atom stereocenters. The number of ether oxygens (including phenoxy) is 1. The molecule has 0 spiro atoms. The monoisotopic (exact) mass is 182 g/mol. The Balaban J connectivity index is 2.98. The predicted molar refractivity (Wildman–Crippen MR) is 58.7 cm³/mol. The largest absolute Gasteiger partial charge is 0.502 e. The fourth-order valence-electron chi connectivity index (χ4n) is 1.12. The smallest absolute Gasteiger partial charge is 0.0875 e. The maximum absolute atomic E-state index is 5.01. The Morgan fingerprint density at radius 1 is 1.08 bits per heavy atom. The summed E-state index contributed by atoms with van der Waals surface area (Å²) < 4.78 is 5.01. The molecule has 0 aromatic heterocycles. The highest BCUT2D eigenvalue weighted by atomic mass is 16.5. The molecule has 0 aliphatic rings. The summed E-state index contributed by atoms with van der Waals surface area (Å²) in [5.41, 5.74) is 0. The van der Waals surface area contributed by atoms with Crippen molar-refractivity contribution in [2.24, 2.45) is 0 Å². The second kappa shape index (κ2) is 11.3. The molecule has 1 heteroatoms. The Kier molecular flexibility index (Phi) is 10.7. The normalized spacial score (nSPS) is 10.5. The summed E-state index contributed by atoms with van der Waals surface area (Å²) in [7, 11) is 0. The molecule has 0 saturated heterocycles. The molecule has 0 saturated carbocycles. The maximum atomic E-state index is 5.01. The van der Waals surface area contributed by atoms with Crippen LogP contribution in [-0.4, -0.2) is 6.61 Å². The molecule has 0 heterocycles. The second-order valence-electron chi connectivity index (χ2n) is 3.15. The van der Waals surface area contributed by atoms with Crippen molar-refractivity contribution in [1.82, 2.24) is 0 Å². The molecular formula is C12H22O. The summed E-state index contributed by atoms with van der Waals surface area (Å²) in [5.74, 6) is 0. The van der Waals surface area contributed by atoms with Gasteiger partial charge in [-0.3, -0.25) is 0 Å². The summed E-state index contributed by atoms with van der Waals surface area (Å²) in [4.78, 5) is 0. The molecule has 0 rings (SSSR count). The van der Waals surface area contributed by atoms with E-state index >= 15 is 0 Å². The molecule has 0 unspecified atom stereocenters. The molecule has 13 heavy (non-hydrogen) atoms. The van der Waals surface area contributed by atoms with Crippen molar-refractivity contribution in [2.75, 3.05) is 6.61 Å². The van der Waals surface area contributed by atoms with Crippen LogP contribution in [0.4, 0.5) is 0 Å². The predicted octanol–water partition coefficient (Wildman–Crippen LogP) is 4.06. The molecule has 0 aliphatic carbocycles. The van der Waals surface area contributed by atoms with Crippen LogP contribution in [-0.2, 0) is 4.74 Å². The zero-order valence-corrected chi connectivity index (χ0v) is 8.80. The van der Waals surface area contributed by atoms with Crippen LogP contribution < -0.4 is 0 Å². The van der Waals surface area contributed by atoms with Crippen molar-refractivity contribution in [3.63, 3.8) is 0 Å². The van der Waals surface area contributed by atoms with E-state index in [0.717, 1.165) is 19.4 Å². The Morgan fingerprint density at radius 2 is 1.77 bits per heavy atom. The Bertz CT molecular complexity index is 127. The third-order valence-corrected chi connectivity index (χ3v) is 1.89. The highest BCUT2D eigenvalue weighted by molar-refractivity contribution is 4.81. The van der Waals surface area contributed by atoms with Crippen LogP contribution in [0.3, 0.4) is 0 Å². The third kappa shape index (κ3) is 11.3. The number of allylic oxidation sites excluding steroid dienone is 2. The molecule has 0 bridgehead atoms. The van der Waals surface area contributed by atoms with Crippen LogP contribution in [0.5, 0.6) is 0 Å². The standard InChI is InChI=1S/C12H22O/c1-3-5-6-7-8-9-10-11-12-13-4-2/h4,8-9H,2-3,5-7,10-12H2,1H3. The molecule has 0 amide bonds. The SMILES string of the molecule is C=COCCCC=CCCCCC. The Morgan fingerprint density at radius 3 is 2.38 bits per heavy atom. The minimum Gasteiger partial charge on any atom is -0.502 e. The lowest BCUT2D eigenvalue weighted by Gasteiger charge is -1.96. The van der Waals surface area contributed by atoms with E-state index in [1.54, 1.807) is 0 Å². The van der Waals surface area contributed by atoms with E-state index < -0.39 is 0 Å². The lowest BCUT2D eigenvalue weighted by atomic mass is 10.2. The number of hydrogen-bond acceptors (Lipinski definition) is 1. The summed E-state index contributed by atoms with van der Waals surface area (Å²) in [6, 6.07) is 0. The van der Waals surface area contributed by atoms with E-state index in [1.165, 1.54) is 31.9 Å². The van der Waals surface area contributed by atoms with Crippen molar-refractivity contribution < 1.29 is 4.74 Å². The first-order chi connectivity index (χ1) is 6.41. The first-order valence-electron chi connectivity index (χ1n) is 5.29. The van der Waals surface area contributed by atoms with Gasteiger partial charge in [0.15, 0.2) is 0 Å². The average molecular weight is 182 g/mol. The molecule has 76 valence electrons. The Labute approximate surface area is 82.5 Å². The van der Waals surface area contributed by atoms with Gasteiger partial charge in [-0.25, -0.2) is 0 Å². The topological polar surface area (TPSA) is 9.23 Å². The molecule has 0 aliphatic heterocycles. The van der Waals surface area contributed by atoms with Gasteiger partial charge >= 0.3 is 0 Å². The van der Waals surface area contributed by atoms with Crippen molar-refractivity contribution >= 4 is 0 Å². The number of unbranched alkanes of at least 4 members (excludes halogenated alkanes) is 4. The summed E-state index contributed by atoms with van der Waals surface area (Å²) in [6.07, 6.45) is 13.5. The van der Waals surface area contributed by atoms with E-state index in [-0.39, 0.29) is 0 Å². The maximum Gasteiger partial charge on any atom is 0.0875 e. The lowest BCUT2D eigenvalue weighted by Crippen LogP contribution is -1.84. The molecule has 0 radical (unpaired) electrons. The zero-order chi connectivity index (χ0) is 9.78. The van der Waals surface area contributed by atoms with Crippen LogP contribution in [0.15, 0.2) is 25.0 Å². The molecule has 1 nitrogen and oxygen atoms in total. The van der Waals surface area contributed by atoms with Gasteiger partial charge in [0, 0.05) is 0 Å². The minimum atomic E-state index is 0.794. The van der Waals surface area contributed by atoms with Crippen molar-refractivity contribution in [3.05, 3.63) is 25.0 Å². The van der Waals surface area contributed by atoms with Gasteiger partial charge in [-0.1, -0.05) is 38.5 Å². The first kappa shape index (κ1) is 12.3. The van der Waals surface area contributed by atoms with E-state index in [1.807, 2.05) is 0 Å². The lowest BCUT2D eigenvalue weighted by molar-refractivity contribution is 0.247. The van der Waals surface area contributed by atoms with Crippen molar-refractivity contribution in [2.45, 2.75) is 45.4 Å². The zero-order valence-electron chi connectivity index (χ0n) is 8.80. The van der Waals surface area contributed by atoms with Gasteiger partial charge < -0.3 is 4.74 Å². The van der Waals surface area contributed by atoms with Gasteiger partial charge in [-0.15, -0.1) is 0 Å². The van der Waals surface area contributed by atoms with Crippen LogP contribution in [0, 0.1) is 0 Å². The third-order valence-electron chi connectivity index (χ3n) is 1.89. The van der Waals surface area contributed by atoms with Crippen molar-refractivity contribution in [1.29, 1.82) is 0 Å². The summed E-state index contributed by atoms with van der Waals surface area (Å²) in [5, 5.41) is 0. The van der Waals surface area contributed by atoms with Gasteiger partial charge in [0.25, 0.3) is 0 Å². The van der Waals surface area contributed by atoms with E-state index in [0.29, 0.717) is 0 Å². The molecular weight excluding hydrogens is 160 g/mol.